The molecular weight excluding hydrogens is 242 g/mol. The van der Waals surface area contributed by atoms with Gasteiger partial charge >= 0.3 is 0 Å². The quantitative estimate of drug-likeness (QED) is 0.800. The van der Waals surface area contributed by atoms with E-state index in [0.717, 1.165) is 42.1 Å². The number of nitrogens with two attached hydrogens (primary N) is 1. The van der Waals surface area contributed by atoms with Gasteiger partial charge in [0.2, 0.25) is 0 Å². The Morgan fingerprint density at radius 1 is 0.900 bits per heavy atom. The Bertz CT molecular complexity index is 317. The molecule has 0 aromatic rings. The molecular formula is C19H33N. The molecule has 5 aliphatic carbocycles. The predicted octanol–water partition coefficient (Wildman–Crippen LogP) is 4.60. The van der Waals surface area contributed by atoms with Crippen molar-refractivity contribution in [2.75, 3.05) is 6.54 Å². The summed E-state index contributed by atoms with van der Waals surface area (Å²) in [6, 6.07) is 0. The highest BCUT2D eigenvalue weighted by Crippen LogP contribution is 2.64. The van der Waals surface area contributed by atoms with E-state index in [2.05, 4.69) is 6.92 Å². The normalized spacial score (nSPS) is 52.2. The summed E-state index contributed by atoms with van der Waals surface area (Å²) in [6.07, 6.45) is 15.2. The second-order valence-corrected chi connectivity index (χ2v) is 9.14. The van der Waals surface area contributed by atoms with Crippen molar-refractivity contribution >= 4 is 0 Å². The Morgan fingerprint density at radius 3 is 1.85 bits per heavy atom. The van der Waals surface area contributed by atoms with E-state index in [1.807, 2.05) is 0 Å². The van der Waals surface area contributed by atoms with Crippen LogP contribution in [0.15, 0.2) is 0 Å². The van der Waals surface area contributed by atoms with Gasteiger partial charge in [-0.25, -0.2) is 0 Å². The summed E-state index contributed by atoms with van der Waals surface area (Å²) >= 11 is 0. The van der Waals surface area contributed by atoms with Crippen LogP contribution in [0.2, 0.25) is 0 Å². The van der Waals surface area contributed by atoms with Crippen molar-refractivity contribution in [3.63, 3.8) is 0 Å². The van der Waals surface area contributed by atoms with E-state index in [0.29, 0.717) is 5.41 Å². The summed E-state index contributed by atoms with van der Waals surface area (Å²) in [5, 5.41) is 0. The average molecular weight is 275 g/mol. The first kappa shape index (κ1) is 13.6. The largest absolute Gasteiger partial charge is 0.330 e. The smallest absolute Gasteiger partial charge is 0.00409 e. The molecule has 1 heteroatoms. The van der Waals surface area contributed by atoms with Gasteiger partial charge in [-0.2, -0.15) is 0 Å². The third-order valence-corrected chi connectivity index (χ3v) is 7.76. The molecule has 20 heavy (non-hydrogen) atoms. The first-order valence-corrected chi connectivity index (χ1v) is 9.38. The van der Waals surface area contributed by atoms with E-state index < -0.39 is 0 Å². The lowest BCUT2D eigenvalue weighted by atomic mass is 9.44. The van der Waals surface area contributed by atoms with E-state index in [1.165, 1.54) is 25.7 Å². The minimum Gasteiger partial charge on any atom is -0.330 e. The van der Waals surface area contributed by atoms with E-state index in [9.17, 15) is 0 Å². The number of hydrogen-bond acceptors (Lipinski definition) is 1. The van der Waals surface area contributed by atoms with Gasteiger partial charge in [-0.1, -0.05) is 19.8 Å². The molecule has 5 rings (SSSR count). The minimum atomic E-state index is 0.689. The van der Waals surface area contributed by atoms with Gasteiger partial charge in [-0.15, -0.1) is 0 Å². The lowest BCUT2D eigenvalue weighted by Gasteiger charge is -2.61. The maximum atomic E-state index is 6.36. The third kappa shape index (κ3) is 2.16. The van der Waals surface area contributed by atoms with Gasteiger partial charge in [0.1, 0.15) is 0 Å². The van der Waals surface area contributed by atoms with Crippen LogP contribution >= 0.6 is 0 Å². The fraction of sp³-hybridized carbons (Fsp3) is 1.00. The molecule has 114 valence electrons. The van der Waals surface area contributed by atoms with Crippen LogP contribution in [-0.2, 0) is 0 Å². The first-order valence-electron chi connectivity index (χ1n) is 9.38. The zero-order valence-electron chi connectivity index (χ0n) is 13.3. The second-order valence-electron chi connectivity index (χ2n) is 9.14. The Hall–Kier alpha value is -0.0400. The fourth-order valence-electron chi connectivity index (χ4n) is 7.26. The number of rotatable bonds is 3. The molecule has 5 aliphatic rings. The van der Waals surface area contributed by atoms with Gasteiger partial charge in [0.15, 0.2) is 0 Å². The third-order valence-electron chi connectivity index (χ3n) is 7.76. The van der Waals surface area contributed by atoms with Crippen molar-refractivity contribution in [1.29, 1.82) is 0 Å². The maximum Gasteiger partial charge on any atom is -0.00409 e. The lowest BCUT2D eigenvalue weighted by molar-refractivity contribution is -0.103. The molecule has 0 heterocycles. The maximum absolute atomic E-state index is 6.36. The van der Waals surface area contributed by atoms with E-state index in [1.54, 1.807) is 38.5 Å². The summed E-state index contributed by atoms with van der Waals surface area (Å²) in [5.74, 6) is 6.05. The fourth-order valence-corrected chi connectivity index (χ4v) is 7.26. The van der Waals surface area contributed by atoms with Crippen molar-refractivity contribution in [3.05, 3.63) is 0 Å². The van der Waals surface area contributed by atoms with Gasteiger partial charge in [-0.3, -0.25) is 0 Å². The molecule has 5 saturated carbocycles. The molecule has 0 radical (unpaired) electrons. The molecule has 1 atom stereocenters. The molecule has 0 saturated heterocycles. The van der Waals surface area contributed by atoms with Gasteiger partial charge in [-0.05, 0) is 98.8 Å². The molecule has 0 aromatic carbocycles. The topological polar surface area (TPSA) is 26.0 Å². The Kier molecular flexibility index (Phi) is 3.41. The van der Waals surface area contributed by atoms with Gasteiger partial charge in [0, 0.05) is 0 Å². The Balaban J connectivity index is 1.55. The van der Waals surface area contributed by atoms with Crippen molar-refractivity contribution in [3.8, 4) is 0 Å². The Labute approximate surface area is 125 Å². The highest BCUT2D eigenvalue weighted by Gasteiger charge is 2.55. The van der Waals surface area contributed by atoms with Crippen LogP contribution in [0.5, 0.6) is 0 Å². The SMILES string of the molecule is CC1CCC(C(CN)C23CC4CC(CC(C4)C2)C3)CC1. The van der Waals surface area contributed by atoms with Crippen molar-refractivity contribution < 1.29 is 0 Å². The van der Waals surface area contributed by atoms with Crippen LogP contribution in [0.25, 0.3) is 0 Å². The molecule has 5 fully saturated rings. The summed E-state index contributed by atoms with van der Waals surface area (Å²) in [5.41, 5.74) is 7.05. The van der Waals surface area contributed by atoms with E-state index in [-0.39, 0.29) is 0 Å². The molecule has 0 spiro atoms. The van der Waals surface area contributed by atoms with Gasteiger partial charge < -0.3 is 5.73 Å². The van der Waals surface area contributed by atoms with Crippen LogP contribution in [0.4, 0.5) is 0 Å². The summed E-state index contributed by atoms with van der Waals surface area (Å²) < 4.78 is 0. The highest BCUT2D eigenvalue weighted by molar-refractivity contribution is 5.05. The van der Waals surface area contributed by atoms with Crippen LogP contribution < -0.4 is 5.73 Å². The van der Waals surface area contributed by atoms with Crippen molar-refractivity contribution in [1.82, 2.24) is 0 Å². The molecule has 4 bridgehead atoms. The zero-order valence-corrected chi connectivity index (χ0v) is 13.3. The Morgan fingerprint density at radius 2 is 1.40 bits per heavy atom. The van der Waals surface area contributed by atoms with Crippen LogP contribution in [0.3, 0.4) is 0 Å². The summed E-state index contributed by atoms with van der Waals surface area (Å²) in [7, 11) is 0. The van der Waals surface area contributed by atoms with Gasteiger partial charge in [0.25, 0.3) is 0 Å². The van der Waals surface area contributed by atoms with E-state index >= 15 is 0 Å². The minimum absolute atomic E-state index is 0.689. The second kappa shape index (κ2) is 5.00. The lowest BCUT2D eigenvalue weighted by Crippen LogP contribution is -2.53. The van der Waals surface area contributed by atoms with Crippen molar-refractivity contribution in [2.45, 2.75) is 71.1 Å². The number of hydrogen-bond donors (Lipinski definition) is 1. The first-order chi connectivity index (χ1) is 9.68. The van der Waals surface area contributed by atoms with Crippen LogP contribution in [0.1, 0.15) is 71.1 Å². The predicted molar refractivity (Wildman–Crippen MR) is 84.3 cm³/mol. The van der Waals surface area contributed by atoms with Crippen LogP contribution in [-0.4, -0.2) is 6.54 Å². The zero-order chi connectivity index (χ0) is 13.7. The molecule has 1 unspecified atom stereocenters. The standard InChI is InChI=1S/C19H33N/c1-13-2-4-17(5-3-13)18(12-20)19-9-14-6-15(10-19)8-16(7-14)11-19/h13-18H,2-12,20H2,1H3. The highest BCUT2D eigenvalue weighted by atomic mass is 14.7. The molecule has 0 aliphatic heterocycles. The molecule has 2 N–H and O–H groups in total. The van der Waals surface area contributed by atoms with Crippen molar-refractivity contribution in [2.24, 2.45) is 46.7 Å². The van der Waals surface area contributed by atoms with Gasteiger partial charge in [0.05, 0.1) is 0 Å². The molecule has 0 amide bonds. The van der Waals surface area contributed by atoms with E-state index in [4.69, 9.17) is 5.73 Å². The average Bonchev–Trinajstić information content (AvgIpc) is 2.40. The molecule has 0 aromatic heterocycles. The summed E-state index contributed by atoms with van der Waals surface area (Å²) in [4.78, 5) is 0. The van der Waals surface area contributed by atoms with Crippen LogP contribution in [0, 0.1) is 40.9 Å². The monoisotopic (exact) mass is 275 g/mol. The molecule has 1 nitrogen and oxygen atoms in total. The summed E-state index contributed by atoms with van der Waals surface area (Å²) in [6.45, 7) is 3.42.